The molecular weight excluding hydrogens is 538 g/mol. The highest BCUT2D eigenvalue weighted by Gasteiger charge is 2.42. The lowest BCUT2D eigenvalue weighted by molar-refractivity contribution is -0.138. The Labute approximate surface area is 238 Å². The van der Waals surface area contributed by atoms with Gasteiger partial charge in [0, 0.05) is 35.1 Å². The van der Waals surface area contributed by atoms with Crippen molar-refractivity contribution in [1.29, 1.82) is 0 Å². The van der Waals surface area contributed by atoms with Crippen LogP contribution in [0.2, 0.25) is 5.02 Å². The minimum absolute atomic E-state index is 0.0231. The molecule has 0 fully saturated rings. The molecule has 0 saturated heterocycles. The van der Waals surface area contributed by atoms with Crippen molar-refractivity contribution in [3.05, 3.63) is 75.1 Å². The molecule has 2 aromatic rings. The van der Waals surface area contributed by atoms with Crippen LogP contribution in [0.3, 0.4) is 0 Å². The second-order valence-electron chi connectivity index (χ2n) is 9.41. The summed E-state index contributed by atoms with van der Waals surface area (Å²) < 4.78 is 16.6. The van der Waals surface area contributed by atoms with Gasteiger partial charge < -0.3 is 24.6 Å². The van der Waals surface area contributed by atoms with E-state index in [1.54, 1.807) is 37.9 Å². The fraction of sp³-hybridized carbons (Fsp3) is 0.400. The normalized spacial score (nSPS) is 18.9. The number of esters is 1. The second-order valence-corrected chi connectivity index (χ2v) is 11.2. The van der Waals surface area contributed by atoms with Crippen LogP contribution in [0.4, 0.5) is 0 Å². The van der Waals surface area contributed by atoms with E-state index in [9.17, 15) is 14.7 Å². The number of ether oxygens (including phenoxy) is 3. The van der Waals surface area contributed by atoms with Crippen molar-refractivity contribution < 1.29 is 28.9 Å². The van der Waals surface area contributed by atoms with Gasteiger partial charge in [-0.1, -0.05) is 30.7 Å². The summed E-state index contributed by atoms with van der Waals surface area (Å²) in [6.07, 6.45) is 0.892. The summed E-state index contributed by atoms with van der Waals surface area (Å²) in [5.41, 5.74) is 3.90. The highest BCUT2D eigenvalue weighted by Crippen LogP contribution is 2.48. The van der Waals surface area contributed by atoms with Gasteiger partial charge in [0.1, 0.15) is 12.4 Å². The average molecular weight is 572 g/mol. The van der Waals surface area contributed by atoms with E-state index in [0.29, 0.717) is 47.6 Å². The van der Waals surface area contributed by atoms with Crippen LogP contribution in [0, 0.1) is 0 Å². The Balaban J connectivity index is 1.77. The van der Waals surface area contributed by atoms with Gasteiger partial charge in [0.25, 0.3) is 0 Å². The van der Waals surface area contributed by atoms with Crippen LogP contribution in [-0.4, -0.2) is 48.7 Å². The minimum Gasteiger partial charge on any atom is -0.503 e. The lowest BCUT2D eigenvalue weighted by atomic mass is 9.71. The molecule has 0 spiro atoms. The van der Waals surface area contributed by atoms with E-state index >= 15 is 0 Å². The molecule has 7 nitrogen and oxygen atoms in total. The zero-order chi connectivity index (χ0) is 28.1. The van der Waals surface area contributed by atoms with Crippen LogP contribution in [-0.2, 0) is 14.3 Å². The number of carbonyl (C=O) groups excluding carboxylic acids is 2. The molecule has 1 heterocycles. The highest BCUT2D eigenvalue weighted by atomic mass is 35.5. The first-order valence-corrected chi connectivity index (χ1v) is 14.6. The van der Waals surface area contributed by atoms with Crippen LogP contribution >= 0.6 is 23.4 Å². The second kappa shape index (κ2) is 12.8. The Bertz CT molecular complexity index is 1300. The molecule has 0 radical (unpaired) electrons. The molecule has 4 rings (SSSR count). The number of Topliss-reactive ketones (excluding diaryl/α,β-unsaturated/α-hetero) is 1. The number of phenolic OH excluding ortho intramolecular Hbond substituents is 1. The SMILES string of the molecule is CCOc1cc([C@@H]2C(C(=O)OCCSCC)=C(C)NC3=C2C(=O)C[C@H](c2ccc(OC)cc2)C3)cc(Cl)c1O. The number of ketones is 1. The highest BCUT2D eigenvalue weighted by molar-refractivity contribution is 7.99. The number of dihydropyridines is 1. The van der Waals surface area contributed by atoms with E-state index in [2.05, 4.69) is 5.32 Å². The number of rotatable bonds is 10. The molecule has 1 aliphatic carbocycles. The molecule has 2 aromatic carbocycles. The molecular formula is C30H34ClNO6S. The maximum absolute atomic E-state index is 13.8. The molecule has 1 aliphatic heterocycles. The molecule has 2 aliphatic rings. The Morgan fingerprint density at radius 1 is 1.15 bits per heavy atom. The van der Waals surface area contributed by atoms with Crippen LogP contribution in [0.1, 0.15) is 56.6 Å². The van der Waals surface area contributed by atoms with Crippen molar-refractivity contribution in [1.82, 2.24) is 5.32 Å². The van der Waals surface area contributed by atoms with Crippen LogP contribution in [0.25, 0.3) is 0 Å². The Hall–Kier alpha value is -3.10. The van der Waals surface area contributed by atoms with Gasteiger partial charge in [0.05, 0.1) is 24.3 Å². The van der Waals surface area contributed by atoms with Gasteiger partial charge in [-0.25, -0.2) is 4.79 Å². The van der Waals surface area contributed by atoms with Crippen molar-refractivity contribution in [2.75, 3.05) is 31.8 Å². The van der Waals surface area contributed by atoms with Crippen molar-refractivity contribution in [2.24, 2.45) is 0 Å². The van der Waals surface area contributed by atoms with Gasteiger partial charge in [-0.2, -0.15) is 11.8 Å². The summed E-state index contributed by atoms with van der Waals surface area (Å²) in [6, 6.07) is 11.0. The third-order valence-electron chi connectivity index (χ3n) is 6.98. The van der Waals surface area contributed by atoms with Crippen molar-refractivity contribution in [2.45, 2.75) is 45.4 Å². The number of hydrogen-bond donors (Lipinski definition) is 2. The number of halogens is 1. The first-order valence-electron chi connectivity index (χ1n) is 13.1. The van der Waals surface area contributed by atoms with Crippen LogP contribution in [0.15, 0.2) is 58.9 Å². The first kappa shape index (κ1) is 28.9. The average Bonchev–Trinajstić information content (AvgIpc) is 2.92. The summed E-state index contributed by atoms with van der Waals surface area (Å²) in [4.78, 5) is 27.3. The Kier molecular flexibility index (Phi) is 9.51. The predicted molar refractivity (Wildman–Crippen MR) is 154 cm³/mol. The van der Waals surface area contributed by atoms with Crippen molar-refractivity contribution in [3.8, 4) is 17.2 Å². The lowest BCUT2D eigenvalue weighted by Crippen LogP contribution is -2.36. The van der Waals surface area contributed by atoms with Crippen molar-refractivity contribution >= 4 is 35.1 Å². The number of allylic oxidation sites excluding steroid dienone is 3. The maximum Gasteiger partial charge on any atom is 0.336 e. The van der Waals surface area contributed by atoms with Gasteiger partial charge in [-0.15, -0.1) is 0 Å². The van der Waals surface area contributed by atoms with E-state index in [1.807, 2.05) is 38.1 Å². The lowest BCUT2D eigenvalue weighted by Gasteiger charge is -2.37. The van der Waals surface area contributed by atoms with Crippen molar-refractivity contribution in [3.63, 3.8) is 0 Å². The number of phenols is 1. The van der Waals surface area contributed by atoms with Crippen LogP contribution < -0.4 is 14.8 Å². The first-order chi connectivity index (χ1) is 18.8. The van der Waals surface area contributed by atoms with E-state index in [4.69, 9.17) is 25.8 Å². The predicted octanol–water partition coefficient (Wildman–Crippen LogP) is 6.11. The summed E-state index contributed by atoms with van der Waals surface area (Å²) in [5.74, 6) is 1.10. The minimum atomic E-state index is -0.714. The number of nitrogens with one attached hydrogen (secondary N) is 1. The third kappa shape index (κ3) is 6.23. The summed E-state index contributed by atoms with van der Waals surface area (Å²) >= 11 is 8.09. The van der Waals surface area contributed by atoms with E-state index < -0.39 is 11.9 Å². The molecule has 0 aromatic heterocycles. The Morgan fingerprint density at radius 3 is 2.56 bits per heavy atom. The standard InChI is InChI=1S/C30H34ClNO6S/c1-5-37-25-16-20(13-22(31)29(25)34)27-26(30(35)38-11-12-39-6-2)17(3)32-23-14-19(15-24(33)28(23)27)18-7-9-21(36-4)10-8-18/h7-10,13,16,19,27,32,34H,5-6,11-12,14-15H2,1-4H3/t19-,27-/m1/s1. The van der Waals surface area contributed by atoms with E-state index in [-0.39, 0.29) is 34.8 Å². The fourth-order valence-electron chi connectivity index (χ4n) is 5.20. The number of methoxy groups -OCH3 is 1. The Morgan fingerprint density at radius 2 is 1.90 bits per heavy atom. The van der Waals surface area contributed by atoms with Gasteiger partial charge in [0.2, 0.25) is 0 Å². The quantitative estimate of drug-likeness (QED) is 0.260. The molecule has 9 heteroatoms. The van der Waals surface area contributed by atoms with Gasteiger partial charge >= 0.3 is 5.97 Å². The maximum atomic E-state index is 13.8. The van der Waals surface area contributed by atoms with Gasteiger partial charge in [0.15, 0.2) is 17.3 Å². The molecule has 0 unspecified atom stereocenters. The van der Waals surface area contributed by atoms with E-state index in [1.165, 1.54) is 0 Å². The number of hydrogen-bond acceptors (Lipinski definition) is 8. The molecule has 0 amide bonds. The topological polar surface area (TPSA) is 94.1 Å². The summed E-state index contributed by atoms with van der Waals surface area (Å²) in [5, 5.41) is 13.9. The monoisotopic (exact) mass is 571 g/mol. The number of benzene rings is 2. The number of aromatic hydroxyl groups is 1. The van der Waals surface area contributed by atoms with Gasteiger partial charge in [-0.05, 0) is 67.3 Å². The third-order valence-corrected chi connectivity index (χ3v) is 8.14. The van der Waals surface area contributed by atoms with Crippen LogP contribution in [0.5, 0.6) is 17.2 Å². The number of carbonyl (C=O) groups is 2. The zero-order valence-electron chi connectivity index (χ0n) is 22.6. The molecule has 0 saturated carbocycles. The molecule has 2 N–H and O–H groups in total. The van der Waals surface area contributed by atoms with E-state index in [0.717, 1.165) is 22.8 Å². The largest absolute Gasteiger partial charge is 0.503 e. The molecule has 208 valence electrons. The number of thioether (sulfide) groups is 1. The smallest absolute Gasteiger partial charge is 0.336 e. The summed E-state index contributed by atoms with van der Waals surface area (Å²) in [7, 11) is 1.62. The molecule has 39 heavy (non-hydrogen) atoms. The molecule has 2 atom stereocenters. The van der Waals surface area contributed by atoms with Gasteiger partial charge in [-0.3, -0.25) is 4.79 Å². The summed E-state index contributed by atoms with van der Waals surface area (Å²) in [6.45, 7) is 6.25. The fourth-order valence-corrected chi connectivity index (χ4v) is 5.91. The zero-order valence-corrected chi connectivity index (χ0v) is 24.2. The molecule has 0 bridgehead atoms.